The number of rotatable bonds is 5. The number of methoxy groups -OCH3 is 1. The number of hydrogen-bond donors (Lipinski definition) is 0. The second-order valence-electron chi connectivity index (χ2n) is 9.93. The lowest BCUT2D eigenvalue weighted by atomic mass is 9.84. The molecule has 2 saturated heterocycles. The van der Waals surface area contributed by atoms with Gasteiger partial charge in [0.2, 0.25) is 5.91 Å². The van der Waals surface area contributed by atoms with Crippen LogP contribution < -0.4 is 4.74 Å². The number of benzene rings is 1. The summed E-state index contributed by atoms with van der Waals surface area (Å²) < 4.78 is 5.21. The van der Waals surface area contributed by atoms with Crippen LogP contribution in [0.4, 0.5) is 0 Å². The number of amides is 2. The predicted octanol–water partition coefficient (Wildman–Crippen LogP) is 4.67. The van der Waals surface area contributed by atoms with E-state index in [9.17, 15) is 9.59 Å². The van der Waals surface area contributed by atoms with Crippen molar-refractivity contribution in [3.63, 3.8) is 0 Å². The van der Waals surface area contributed by atoms with E-state index in [0.29, 0.717) is 17.9 Å². The molecular weight excluding hydrogens is 396 g/mol. The summed E-state index contributed by atoms with van der Waals surface area (Å²) in [4.78, 5) is 29.9. The minimum absolute atomic E-state index is 0.0845. The zero-order valence-corrected chi connectivity index (χ0v) is 19.9. The number of hydrogen-bond acceptors (Lipinski definition) is 4. The fourth-order valence-electron chi connectivity index (χ4n) is 4.85. The maximum absolute atomic E-state index is 13.2. The Morgan fingerprint density at radius 1 is 1.13 bits per heavy atom. The van der Waals surface area contributed by atoms with Crippen LogP contribution in [0.5, 0.6) is 5.75 Å². The summed E-state index contributed by atoms with van der Waals surface area (Å²) in [5.74, 6) is 2.45. The van der Waals surface area contributed by atoms with Gasteiger partial charge in [0, 0.05) is 37.4 Å². The molecule has 1 unspecified atom stereocenters. The summed E-state index contributed by atoms with van der Waals surface area (Å²) in [6.07, 6.45) is 3.36. The molecule has 1 aromatic rings. The van der Waals surface area contributed by atoms with Crippen LogP contribution >= 0.6 is 11.8 Å². The molecule has 2 aliphatic heterocycles. The van der Waals surface area contributed by atoms with Gasteiger partial charge in [0.25, 0.3) is 5.91 Å². The molecule has 3 rings (SSSR count). The Balaban J connectivity index is 1.60. The molecule has 2 fully saturated rings. The van der Waals surface area contributed by atoms with E-state index in [1.54, 1.807) is 7.11 Å². The van der Waals surface area contributed by atoms with E-state index < -0.39 is 0 Å². The van der Waals surface area contributed by atoms with Crippen molar-refractivity contribution >= 4 is 23.6 Å². The van der Waals surface area contributed by atoms with Gasteiger partial charge in [-0.25, -0.2) is 0 Å². The third kappa shape index (κ3) is 5.32. The largest absolute Gasteiger partial charge is 0.497 e. The third-order valence-electron chi connectivity index (χ3n) is 6.14. The minimum Gasteiger partial charge on any atom is -0.497 e. The molecule has 1 aromatic carbocycles. The van der Waals surface area contributed by atoms with Gasteiger partial charge in [-0.05, 0) is 54.9 Å². The first-order chi connectivity index (χ1) is 14.1. The number of ether oxygens (including phenoxy) is 1. The molecule has 166 valence electrons. The predicted molar refractivity (Wildman–Crippen MR) is 123 cm³/mol. The Bertz CT molecular complexity index is 749. The van der Waals surface area contributed by atoms with Gasteiger partial charge in [0.15, 0.2) is 0 Å². The van der Waals surface area contributed by atoms with E-state index in [1.165, 1.54) is 0 Å². The molecule has 5 nitrogen and oxygen atoms in total. The van der Waals surface area contributed by atoms with E-state index >= 15 is 0 Å². The van der Waals surface area contributed by atoms with Crippen LogP contribution in [0.15, 0.2) is 24.3 Å². The molecule has 0 radical (unpaired) electrons. The Morgan fingerprint density at radius 3 is 2.33 bits per heavy atom. The molecule has 0 bridgehead atoms. The third-order valence-corrected chi connectivity index (χ3v) is 7.69. The lowest BCUT2D eigenvalue weighted by Crippen LogP contribution is -2.53. The van der Waals surface area contributed by atoms with Crippen LogP contribution in [0.25, 0.3) is 0 Å². The van der Waals surface area contributed by atoms with Gasteiger partial charge in [-0.1, -0.05) is 27.7 Å². The normalized spacial score (nSPS) is 19.8. The van der Waals surface area contributed by atoms with Crippen molar-refractivity contribution in [3.05, 3.63) is 29.8 Å². The van der Waals surface area contributed by atoms with Crippen LogP contribution in [-0.4, -0.2) is 59.0 Å². The first-order valence-electron chi connectivity index (χ1n) is 11.0. The van der Waals surface area contributed by atoms with E-state index in [-0.39, 0.29) is 22.1 Å². The van der Waals surface area contributed by atoms with Crippen molar-refractivity contribution in [2.75, 3.05) is 32.5 Å². The molecule has 0 N–H and O–H groups in total. The highest BCUT2D eigenvalue weighted by atomic mass is 32.2. The molecule has 6 heteroatoms. The molecule has 2 amide bonds. The fraction of sp³-hybridized carbons (Fsp3) is 0.667. The highest BCUT2D eigenvalue weighted by Gasteiger charge is 2.47. The topological polar surface area (TPSA) is 49.9 Å². The van der Waals surface area contributed by atoms with Crippen molar-refractivity contribution in [3.8, 4) is 5.75 Å². The standard InChI is InChI=1S/C24H36N2O3S/c1-18(17-23(2,3)4)16-21(27)25-12-10-24(11-13-25)26(14-15-30-24)22(28)19-6-8-20(29-5)9-7-19/h6-9,18H,10-17H2,1-5H3. The number of carbonyl (C=O) groups excluding carboxylic acids is 2. The highest BCUT2D eigenvalue weighted by molar-refractivity contribution is 8.00. The molecular formula is C24H36N2O3S. The molecule has 0 aliphatic carbocycles. The van der Waals surface area contributed by atoms with Gasteiger partial charge in [-0.3, -0.25) is 9.59 Å². The SMILES string of the molecule is COc1ccc(C(=O)N2CCSC23CCN(C(=O)CC(C)CC(C)(C)C)CC3)cc1. The quantitative estimate of drug-likeness (QED) is 0.679. The van der Waals surface area contributed by atoms with Crippen molar-refractivity contribution in [1.82, 2.24) is 9.80 Å². The molecule has 0 aromatic heterocycles. The van der Waals surface area contributed by atoms with Gasteiger partial charge in [-0.2, -0.15) is 0 Å². The Hall–Kier alpha value is -1.69. The zero-order chi connectivity index (χ0) is 21.9. The number of nitrogens with zero attached hydrogens (tertiary/aromatic N) is 2. The van der Waals surface area contributed by atoms with Crippen LogP contribution in [-0.2, 0) is 4.79 Å². The summed E-state index contributed by atoms with van der Waals surface area (Å²) in [5, 5.41) is 0. The van der Waals surface area contributed by atoms with Gasteiger partial charge in [-0.15, -0.1) is 11.8 Å². The van der Waals surface area contributed by atoms with Crippen LogP contribution in [0.2, 0.25) is 0 Å². The molecule has 2 aliphatic rings. The van der Waals surface area contributed by atoms with Crippen molar-refractivity contribution in [1.29, 1.82) is 0 Å². The number of carbonyl (C=O) groups is 2. The first-order valence-corrected chi connectivity index (χ1v) is 12.0. The Kier molecular flexibility index (Phi) is 7.05. The average molecular weight is 433 g/mol. The van der Waals surface area contributed by atoms with Gasteiger partial charge >= 0.3 is 0 Å². The second kappa shape index (κ2) is 9.21. The molecule has 2 heterocycles. The van der Waals surface area contributed by atoms with Crippen molar-refractivity contribution in [2.45, 2.75) is 58.2 Å². The van der Waals surface area contributed by atoms with E-state index in [4.69, 9.17) is 4.74 Å². The van der Waals surface area contributed by atoms with E-state index in [2.05, 4.69) is 27.7 Å². The Labute approximate surface area is 185 Å². The van der Waals surface area contributed by atoms with Crippen LogP contribution in [0, 0.1) is 11.3 Å². The number of piperidine rings is 1. The molecule has 0 saturated carbocycles. The molecule has 1 atom stereocenters. The summed E-state index contributed by atoms with van der Waals surface area (Å²) in [7, 11) is 1.63. The number of thioether (sulfide) groups is 1. The molecule has 30 heavy (non-hydrogen) atoms. The lowest BCUT2D eigenvalue weighted by Gasteiger charge is -2.44. The highest BCUT2D eigenvalue weighted by Crippen LogP contribution is 2.44. The first kappa shape index (κ1) is 23.0. The van der Waals surface area contributed by atoms with Crippen molar-refractivity contribution in [2.24, 2.45) is 11.3 Å². The fourth-order valence-corrected chi connectivity index (χ4v) is 6.30. The average Bonchev–Trinajstić information content (AvgIpc) is 3.09. The zero-order valence-electron chi connectivity index (χ0n) is 19.1. The maximum atomic E-state index is 13.2. The van der Waals surface area contributed by atoms with E-state index in [0.717, 1.165) is 50.4 Å². The summed E-state index contributed by atoms with van der Waals surface area (Å²) >= 11 is 1.88. The lowest BCUT2D eigenvalue weighted by molar-refractivity contribution is -0.133. The van der Waals surface area contributed by atoms with Gasteiger partial charge in [0.1, 0.15) is 5.75 Å². The second-order valence-corrected chi connectivity index (χ2v) is 11.4. The maximum Gasteiger partial charge on any atom is 0.255 e. The Morgan fingerprint density at radius 2 is 1.77 bits per heavy atom. The smallest absolute Gasteiger partial charge is 0.255 e. The van der Waals surface area contributed by atoms with Gasteiger partial charge < -0.3 is 14.5 Å². The number of likely N-dealkylation sites (tertiary alicyclic amines) is 1. The monoisotopic (exact) mass is 432 g/mol. The summed E-state index contributed by atoms with van der Waals surface area (Å²) in [6, 6.07) is 7.35. The molecule has 1 spiro atoms. The summed E-state index contributed by atoms with van der Waals surface area (Å²) in [6.45, 7) is 11.1. The van der Waals surface area contributed by atoms with Gasteiger partial charge in [0.05, 0.1) is 12.0 Å². The minimum atomic E-state index is -0.176. The van der Waals surface area contributed by atoms with Crippen LogP contribution in [0.3, 0.4) is 0 Å². The summed E-state index contributed by atoms with van der Waals surface area (Å²) in [5.41, 5.74) is 0.946. The van der Waals surface area contributed by atoms with E-state index in [1.807, 2.05) is 45.8 Å². The van der Waals surface area contributed by atoms with Crippen molar-refractivity contribution < 1.29 is 14.3 Å². The van der Waals surface area contributed by atoms with Crippen LogP contribution in [0.1, 0.15) is 63.7 Å².